The van der Waals surface area contributed by atoms with E-state index in [0.717, 1.165) is 33.3 Å². The van der Waals surface area contributed by atoms with Gasteiger partial charge in [0.2, 0.25) is 0 Å². The molecule has 0 unspecified atom stereocenters. The summed E-state index contributed by atoms with van der Waals surface area (Å²) >= 11 is 0. The lowest BCUT2D eigenvalue weighted by Crippen LogP contribution is -2.10. The predicted octanol–water partition coefficient (Wildman–Crippen LogP) is 5.39. The maximum Gasteiger partial charge on any atom is 0.171 e. The summed E-state index contributed by atoms with van der Waals surface area (Å²) in [5, 5.41) is 7.72. The number of rotatable bonds is 7. The zero-order chi connectivity index (χ0) is 21.1. The molecule has 30 heavy (non-hydrogen) atoms. The number of hydrogen-bond acceptors (Lipinski definition) is 4. The van der Waals surface area contributed by atoms with E-state index in [-0.39, 0.29) is 12.2 Å². The summed E-state index contributed by atoms with van der Waals surface area (Å²) in [7, 11) is 0. The molecule has 152 valence electrons. The fourth-order valence-corrected chi connectivity index (χ4v) is 3.65. The van der Waals surface area contributed by atoms with Crippen LogP contribution in [0.4, 0.5) is 0 Å². The van der Waals surface area contributed by atoms with E-state index >= 15 is 0 Å². The Hall–Kier alpha value is -3.47. The monoisotopic (exact) mass is 399 g/mol. The summed E-state index contributed by atoms with van der Waals surface area (Å²) in [6.45, 7) is 6.76. The van der Waals surface area contributed by atoms with Crippen LogP contribution in [0.15, 0.2) is 60.9 Å². The van der Waals surface area contributed by atoms with Crippen LogP contribution >= 0.6 is 0 Å². The number of ketones is 1. The van der Waals surface area contributed by atoms with E-state index in [2.05, 4.69) is 36.0 Å². The SMILES string of the molecule is Cc1cc(OCc2ccccc2)c(C(=O)Cc2cnc3[nH]ncc3c2)cc1C(C)C. The van der Waals surface area contributed by atoms with Gasteiger partial charge in [0.15, 0.2) is 11.4 Å². The molecule has 1 N–H and O–H groups in total. The van der Waals surface area contributed by atoms with Gasteiger partial charge in [0.25, 0.3) is 0 Å². The normalized spacial score (nSPS) is 11.2. The van der Waals surface area contributed by atoms with Crippen molar-refractivity contribution in [2.75, 3.05) is 0 Å². The van der Waals surface area contributed by atoms with Crippen molar-refractivity contribution < 1.29 is 9.53 Å². The largest absolute Gasteiger partial charge is 0.488 e. The molecule has 0 atom stereocenters. The van der Waals surface area contributed by atoms with Gasteiger partial charge in [0.1, 0.15) is 12.4 Å². The molecule has 5 nitrogen and oxygen atoms in total. The molecule has 0 radical (unpaired) electrons. The summed E-state index contributed by atoms with van der Waals surface area (Å²) in [5.74, 6) is 0.969. The molecule has 5 heteroatoms. The van der Waals surface area contributed by atoms with E-state index in [1.165, 1.54) is 0 Å². The lowest BCUT2D eigenvalue weighted by molar-refractivity contribution is 0.0988. The summed E-state index contributed by atoms with van der Waals surface area (Å²) in [6, 6.07) is 15.9. The van der Waals surface area contributed by atoms with Gasteiger partial charge in [-0.3, -0.25) is 9.89 Å². The van der Waals surface area contributed by atoms with E-state index in [1.54, 1.807) is 12.4 Å². The second kappa shape index (κ2) is 8.49. The number of aromatic nitrogens is 3. The molecule has 2 heterocycles. The van der Waals surface area contributed by atoms with Crippen molar-refractivity contribution in [3.8, 4) is 5.75 Å². The smallest absolute Gasteiger partial charge is 0.171 e. The second-order valence-corrected chi connectivity index (χ2v) is 7.89. The van der Waals surface area contributed by atoms with E-state index in [1.807, 2.05) is 48.5 Å². The van der Waals surface area contributed by atoms with Gasteiger partial charge >= 0.3 is 0 Å². The highest BCUT2D eigenvalue weighted by Gasteiger charge is 2.18. The fraction of sp³-hybridized carbons (Fsp3) is 0.240. The molecule has 0 spiro atoms. The molecule has 0 aliphatic heterocycles. The van der Waals surface area contributed by atoms with Gasteiger partial charge in [0.05, 0.1) is 11.8 Å². The Labute approximate surface area is 176 Å². The molecular formula is C25H25N3O2. The van der Waals surface area contributed by atoms with Crippen LogP contribution in [-0.2, 0) is 13.0 Å². The quantitative estimate of drug-likeness (QED) is 0.423. The molecule has 0 aliphatic carbocycles. The molecule has 2 aromatic carbocycles. The minimum absolute atomic E-state index is 0.0182. The number of aromatic amines is 1. The first-order valence-corrected chi connectivity index (χ1v) is 10.1. The number of carbonyl (C=O) groups is 1. The highest BCUT2D eigenvalue weighted by Crippen LogP contribution is 2.30. The Balaban J connectivity index is 1.64. The van der Waals surface area contributed by atoms with Gasteiger partial charge in [-0.1, -0.05) is 44.2 Å². The number of H-pyrrole nitrogens is 1. The lowest BCUT2D eigenvalue weighted by atomic mass is 9.92. The van der Waals surface area contributed by atoms with Crippen LogP contribution in [-0.4, -0.2) is 21.0 Å². The number of pyridine rings is 1. The van der Waals surface area contributed by atoms with Gasteiger partial charge in [-0.15, -0.1) is 0 Å². The highest BCUT2D eigenvalue weighted by molar-refractivity contribution is 6.00. The van der Waals surface area contributed by atoms with Crippen molar-refractivity contribution in [3.05, 3.63) is 88.7 Å². The summed E-state index contributed by atoms with van der Waals surface area (Å²) in [5.41, 5.74) is 5.55. The standard InChI is InChI=1S/C25H25N3O2/c1-16(2)21-12-22(23(29)11-19-10-20-14-27-28-25(20)26-13-19)24(9-17(21)3)30-15-18-7-5-4-6-8-18/h4-10,12-14,16H,11,15H2,1-3H3,(H,26,27,28). The number of aryl methyl sites for hydroxylation is 1. The first-order valence-electron chi connectivity index (χ1n) is 10.1. The number of fused-ring (bicyclic) bond motifs is 1. The van der Waals surface area contributed by atoms with Crippen molar-refractivity contribution in [3.63, 3.8) is 0 Å². The molecule has 4 aromatic rings. The average molecular weight is 399 g/mol. The topological polar surface area (TPSA) is 67.9 Å². The van der Waals surface area contributed by atoms with Crippen molar-refractivity contribution in [2.45, 2.75) is 39.7 Å². The van der Waals surface area contributed by atoms with Gasteiger partial charge in [-0.25, -0.2) is 4.98 Å². The third-order valence-corrected chi connectivity index (χ3v) is 5.24. The highest BCUT2D eigenvalue weighted by atomic mass is 16.5. The lowest BCUT2D eigenvalue weighted by Gasteiger charge is -2.17. The van der Waals surface area contributed by atoms with Crippen molar-refractivity contribution in [1.82, 2.24) is 15.2 Å². The maximum absolute atomic E-state index is 13.3. The van der Waals surface area contributed by atoms with E-state index in [9.17, 15) is 4.79 Å². The number of ether oxygens (including phenoxy) is 1. The minimum atomic E-state index is 0.0182. The van der Waals surface area contributed by atoms with Gasteiger partial charge in [0, 0.05) is 18.0 Å². The number of Topliss-reactive ketones (excluding diaryl/α,β-unsaturated/α-hetero) is 1. The van der Waals surface area contributed by atoms with Gasteiger partial charge in [-0.2, -0.15) is 5.10 Å². The molecule has 0 bridgehead atoms. The third kappa shape index (κ3) is 4.25. The zero-order valence-corrected chi connectivity index (χ0v) is 17.5. The maximum atomic E-state index is 13.3. The summed E-state index contributed by atoms with van der Waals surface area (Å²) in [4.78, 5) is 17.6. The Morgan fingerprint density at radius 3 is 2.63 bits per heavy atom. The molecule has 2 aromatic heterocycles. The molecule has 0 saturated heterocycles. The van der Waals surface area contributed by atoms with Crippen LogP contribution in [0, 0.1) is 6.92 Å². The number of hydrogen-bond donors (Lipinski definition) is 1. The van der Waals surface area contributed by atoms with E-state index < -0.39 is 0 Å². The Morgan fingerprint density at radius 2 is 1.87 bits per heavy atom. The van der Waals surface area contributed by atoms with E-state index in [0.29, 0.717) is 23.8 Å². The molecule has 0 aliphatic rings. The first-order chi connectivity index (χ1) is 14.5. The van der Waals surface area contributed by atoms with Crippen molar-refractivity contribution in [2.24, 2.45) is 0 Å². The summed E-state index contributed by atoms with van der Waals surface area (Å²) in [6.07, 6.45) is 3.70. The van der Waals surface area contributed by atoms with Crippen LogP contribution in [0.25, 0.3) is 11.0 Å². The molecule has 0 fully saturated rings. The molecular weight excluding hydrogens is 374 g/mol. The number of carbonyl (C=O) groups excluding carboxylic acids is 1. The fourth-order valence-electron chi connectivity index (χ4n) is 3.65. The average Bonchev–Trinajstić information content (AvgIpc) is 3.20. The first kappa shape index (κ1) is 19.8. The van der Waals surface area contributed by atoms with Gasteiger partial charge in [-0.05, 0) is 53.3 Å². The number of nitrogens with one attached hydrogen (secondary N) is 1. The Kier molecular flexibility index (Phi) is 5.61. The zero-order valence-electron chi connectivity index (χ0n) is 17.5. The Morgan fingerprint density at radius 1 is 1.07 bits per heavy atom. The minimum Gasteiger partial charge on any atom is -0.488 e. The van der Waals surface area contributed by atoms with Crippen LogP contribution in [0.3, 0.4) is 0 Å². The predicted molar refractivity (Wildman–Crippen MR) is 118 cm³/mol. The Bertz CT molecular complexity index is 1180. The number of benzene rings is 2. The van der Waals surface area contributed by atoms with Crippen LogP contribution in [0.2, 0.25) is 0 Å². The van der Waals surface area contributed by atoms with E-state index in [4.69, 9.17) is 4.74 Å². The molecule has 0 saturated carbocycles. The second-order valence-electron chi connectivity index (χ2n) is 7.89. The van der Waals surface area contributed by atoms with Crippen molar-refractivity contribution >= 4 is 16.8 Å². The molecule has 0 amide bonds. The number of nitrogens with zero attached hydrogens (tertiary/aromatic N) is 2. The van der Waals surface area contributed by atoms with Crippen LogP contribution < -0.4 is 4.74 Å². The van der Waals surface area contributed by atoms with Crippen LogP contribution in [0.5, 0.6) is 5.75 Å². The molecule has 4 rings (SSSR count). The third-order valence-electron chi connectivity index (χ3n) is 5.24. The van der Waals surface area contributed by atoms with Crippen molar-refractivity contribution in [1.29, 1.82) is 0 Å². The van der Waals surface area contributed by atoms with Crippen LogP contribution in [0.1, 0.15) is 52.4 Å². The summed E-state index contributed by atoms with van der Waals surface area (Å²) < 4.78 is 6.10. The van der Waals surface area contributed by atoms with Gasteiger partial charge < -0.3 is 4.74 Å².